The molecule has 2 aromatic carbocycles. The summed E-state index contributed by atoms with van der Waals surface area (Å²) in [6, 6.07) is 10.3. The fourth-order valence-corrected chi connectivity index (χ4v) is 3.91. The lowest BCUT2D eigenvalue weighted by atomic mass is 9.97. The van der Waals surface area contributed by atoms with Crippen molar-refractivity contribution in [1.82, 2.24) is 9.88 Å². The van der Waals surface area contributed by atoms with Crippen LogP contribution in [0.3, 0.4) is 0 Å². The monoisotopic (exact) mass is 453 g/mol. The summed E-state index contributed by atoms with van der Waals surface area (Å²) in [6.07, 6.45) is 1.20. The van der Waals surface area contributed by atoms with Crippen LogP contribution in [0.25, 0.3) is 22.2 Å². The number of carbonyl (C=O) groups is 1. The maximum Gasteiger partial charge on any atom is 0.410 e. The minimum Gasteiger partial charge on any atom is -0.444 e. The number of aromatic nitrogens is 1. The zero-order valence-electron chi connectivity index (χ0n) is 19.0. The van der Waals surface area contributed by atoms with Crippen LogP contribution in [0.1, 0.15) is 51.0 Å². The summed E-state index contributed by atoms with van der Waals surface area (Å²) >= 11 is 0. The van der Waals surface area contributed by atoms with Crippen LogP contribution in [-0.4, -0.2) is 40.5 Å². The van der Waals surface area contributed by atoms with Crippen molar-refractivity contribution in [3.63, 3.8) is 0 Å². The summed E-state index contributed by atoms with van der Waals surface area (Å²) in [5, 5.41) is 3.34. The highest BCUT2D eigenvalue weighted by atomic mass is 19.1. The highest BCUT2D eigenvalue weighted by Gasteiger charge is 2.29. The molecule has 0 bridgehead atoms. The summed E-state index contributed by atoms with van der Waals surface area (Å²) < 4.78 is 25.9. The molecule has 0 unspecified atom stereocenters. The molecule has 1 amide bonds. The van der Waals surface area contributed by atoms with Gasteiger partial charge in [-0.1, -0.05) is 12.1 Å². The van der Waals surface area contributed by atoms with Crippen molar-refractivity contribution in [3.8, 4) is 11.1 Å². The van der Waals surface area contributed by atoms with Crippen LogP contribution >= 0.6 is 0 Å². The number of hydrogen-bond acceptors (Lipinski definition) is 6. The van der Waals surface area contributed by atoms with Crippen molar-refractivity contribution in [2.75, 3.05) is 13.1 Å². The Kier molecular flexibility index (Phi) is 5.97. The lowest BCUT2D eigenvalue weighted by molar-refractivity contribution is 0.0199. The van der Waals surface area contributed by atoms with Gasteiger partial charge in [-0.05, 0) is 69.0 Å². The van der Waals surface area contributed by atoms with Gasteiger partial charge in [0.1, 0.15) is 16.9 Å². The number of hydrogen-bond donors (Lipinski definition) is 2. The first-order valence-electron chi connectivity index (χ1n) is 10.9. The van der Waals surface area contributed by atoms with Gasteiger partial charge in [-0.2, -0.15) is 5.10 Å². The summed E-state index contributed by atoms with van der Waals surface area (Å²) in [5.41, 5.74) is 8.11. The molecule has 0 aliphatic carbocycles. The molecule has 174 valence electrons. The second-order valence-corrected chi connectivity index (χ2v) is 9.19. The van der Waals surface area contributed by atoms with Crippen LogP contribution in [0.5, 0.6) is 0 Å². The molecule has 0 radical (unpaired) electrons. The zero-order valence-corrected chi connectivity index (χ0v) is 19.0. The van der Waals surface area contributed by atoms with E-state index in [1.807, 2.05) is 39.0 Å². The first-order chi connectivity index (χ1) is 15.6. The van der Waals surface area contributed by atoms with Gasteiger partial charge >= 0.3 is 6.09 Å². The normalized spacial score (nSPS) is 15.8. The second-order valence-electron chi connectivity index (χ2n) is 9.19. The molecule has 0 spiro atoms. The number of amidine groups is 1. The molecule has 0 saturated carbocycles. The largest absolute Gasteiger partial charge is 0.444 e. The van der Waals surface area contributed by atoms with E-state index in [0.717, 1.165) is 18.4 Å². The van der Waals surface area contributed by atoms with E-state index in [4.69, 9.17) is 20.7 Å². The predicted molar refractivity (Wildman–Crippen MR) is 124 cm³/mol. The Hall–Kier alpha value is -3.62. The van der Waals surface area contributed by atoms with Crippen molar-refractivity contribution < 1.29 is 18.3 Å². The Morgan fingerprint density at radius 1 is 1.18 bits per heavy atom. The third kappa shape index (κ3) is 4.92. The molecule has 1 aromatic heterocycles. The van der Waals surface area contributed by atoms with Crippen LogP contribution in [0.4, 0.5) is 9.18 Å². The predicted octanol–water partition coefficient (Wildman–Crippen LogP) is 4.33. The smallest absolute Gasteiger partial charge is 0.410 e. The highest BCUT2D eigenvalue weighted by molar-refractivity contribution is 5.98. The molecular formula is C24H28FN5O3. The minimum atomic E-state index is -0.514. The number of ether oxygens (including phenoxy) is 1. The molecule has 1 saturated heterocycles. The molecular weight excluding hydrogens is 425 g/mol. The molecule has 8 nitrogen and oxygen atoms in total. The van der Waals surface area contributed by atoms with Gasteiger partial charge in [0.2, 0.25) is 0 Å². The van der Waals surface area contributed by atoms with Gasteiger partial charge in [-0.15, -0.1) is 0 Å². The van der Waals surface area contributed by atoms with E-state index in [1.165, 1.54) is 6.07 Å². The second kappa shape index (κ2) is 8.73. The number of rotatable bonds is 3. The van der Waals surface area contributed by atoms with E-state index >= 15 is 0 Å². The summed E-state index contributed by atoms with van der Waals surface area (Å²) in [5.74, 6) is 5.35. The molecule has 4 rings (SSSR count). The first-order valence-corrected chi connectivity index (χ1v) is 10.9. The molecule has 1 fully saturated rings. The molecule has 33 heavy (non-hydrogen) atoms. The molecule has 1 aliphatic rings. The third-order valence-electron chi connectivity index (χ3n) is 5.62. The van der Waals surface area contributed by atoms with Crippen molar-refractivity contribution in [2.45, 2.75) is 45.1 Å². The first kappa shape index (κ1) is 22.6. The average molecular weight is 454 g/mol. The maximum atomic E-state index is 14.4. The van der Waals surface area contributed by atoms with Gasteiger partial charge in [0, 0.05) is 19.0 Å². The van der Waals surface area contributed by atoms with Crippen LogP contribution < -0.4 is 11.6 Å². The van der Waals surface area contributed by atoms with Crippen molar-refractivity contribution in [1.29, 1.82) is 0 Å². The molecule has 1 aliphatic heterocycles. The van der Waals surface area contributed by atoms with Crippen molar-refractivity contribution >= 4 is 23.0 Å². The Morgan fingerprint density at radius 2 is 1.85 bits per heavy atom. The molecule has 4 N–H and O–H groups in total. The number of hydrazone groups is 1. The number of amides is 1. The average Bonchev–Trinajstić information content (AvgIpc) is 3.21. The molecule has 3 aromatic rings. The minimum absolute atomic E-state index is 0.0617. The Morgan fingerprint density at radius 3 is 2.48 bits per heavy atom. The standard InChI is InChI=1S/C24H28FN5O3/c1-24(2,3)33-23(31)30-10-8-14(9-11-30)22-28-19-13-16(5-7-20(19)32-22)15-4-6-17(18(25)12-15)21(26)29-27/h4-7,12-14H,8-11,27H2,1-3H3,(H2,26,29). The van der Waals surface area contributed by atoms with Crippen LogP contribution in [-0.2, 0) is 4.74 Å². The topological polar surface area (TPSA) is 120 Å². The van der Waals surface area contributed by atoms with Gasteiger partial charge in [-0.25, -0.2) is 14.2 Å². The van der Waals surface area contributed by atoms with Crippen molar-refractivity contribution in [3.05, 3.63) is 53.7 Å². The SMILES string of the molecule is CC(C)(C)OC(=O)N1CCC(c2nc3cc(-c4ccc(/C(N)=N/N)c(F)c4)ccc3o2)CC1. The number of fused-ring (bicyclic) bond motifs is 1. The van der Waals surface area contributed by atoms with Gasteiger partial charge in [0.15, 0.2) is 17.3 Å². The Balaban J connectivity index is 1.49. The van der Waals surface area contributed by atoms with E-state index in [2.05, 4.69) is 10.1 Å². The third-order valence-corrected chi connectivity index (χ3v) is 5.62. The lowest BCUT2D eigenvalue weighted by Crippen LogP contribution is -2.41. The number of nitrogens with zero attached hydrogens (tertiary/aromatic N) is 3. The molecule has 0 atom stereocenters. The van der Waals surface area contributed by atoms with Gasteiger partial charge in [-0.3, -0.25) is 0 Å². The number of benzene rings is 2. The number of oxazole rings is 1. The lowest BCUT2D eigenvalue weighted by Gasteiger charge is -2.32. The van der Waals surface area contributed by atoms with Crippen LogP contribution in [0.15, 0.2) is 45.9 Å². The van der Waals surface area contributed by atoms with Crippen molar-refractivity contribution in [2.24, 2.45) is 16.7 Å². The van der Waals surface area contributed by atoms with Crippen LogP contribution in [0, 0.1) is 5.82 Å². The Bertz CT molecular complexity index is 1210. The number of carbonyl (C=O) groups excluding carboxylic acids is 1. The van der Waals surface area contributed by atoms with Gasteiger partial charge < -0.3 is 25.6 Å². The van der Waals surface area contributed by atoms with Gasteiger partial charge in [0.25, 0.3) is 0 Å². The summed E-state index contributed by atoms with van der Waals surface area (Å²) in [4.78, 5) is 18.7. The zero-order chi connectivity index (χ0) is 23.8. The number of likely N-dealkylation sites (tertiary alicyclic amines) is 1. The van der Waals surface area contributed by atoms with E-state index < -0.39 is 11.4 Å². The maximum absolute atomic E-state index is 14.4. The fraction of sp³-hybridized carbons (Fsp3) is 0.375. The summed E-state index contributed by atoms with van der Waals surface area (Å²) in [7, 11) is 0. The Labute approximate surface area is 191 Å². The highest BCUT2D eigenvalue weighted by Crippen LogP contribution is 2.32. The number of halogens is 1. The van der Waals surface area contributed by atoms with E-state index in [0.29, 0.717) is 35.6 Å². The number of piperidine rings is 1. The van der Waals surface area contributed by atoms with Crippen LogP contribution in [0.2, 0.25) is 0 Å². The van der Waals surface area contributed by atoms with E-state index in [-0.39, 0.29) is 23.4 Å². The summed E-state index contributed by atoms with van der Waals surface area (Å²) in [6.45, 7) is 6.75. The molecule has 2 heterocycles. The quantitative estimate of drug-likeness (QED) is 0.264. The van der Waals surface area contributed by atoms with E-state index in [1.54, 1.807) is 17.0 Å². The van der Waals surface area contributed by atoms with Gasteiger partial charge in [0.05, 0.1) is 5.56 Å². The van der Waals surface area contributed by atoms with E-state index in [9.17, 15) is 9.18 Å². The fourth-order valence-electron chi connectivity index (χ4n) is 3.91. The number of nitrogens with two attached hydrogens (primary N) is 2. The molecule has 9 heteroatoms.